The molecule has 1 aromatic rings. The molecule has 1 aromatic carbocycles. The first-order valence-corrected chi connectivity index (χ1v) is 4.90. The summed E-state index contributed by atoms with van der Waals surface area (Å²) < 4.78 is 13.4. The van der Waals surface area contributed by atoms with Crippen LogP contribution >= 0.6 is 11.6 Å². The van der Waals surface area contributed by atoms with Crippen LogP contribution in [0.3, 0.4) is 0 Å². The molecule has 1 rings (SSSR count). The molecule has 0 aliphatic carbocycles. The first kappa shape index (κ1) is 11.2. The minimum absolute atomic E-state index is 0.145. The Morgan fingerprint density at radius 3 is 2.86 bits per heavy atom. The summed E-state index contributed by atoms with van der Waals surface area (Å²) in [5.74, 6) is -0.381. The Hall–Kier alpha value is -0.860. The molecule has 76 valence electrons. The smallest absolute Gasteiger partial charge is 0.148 e. The molecule has 2 N–H and O–H groups in total. The van der Waals surface area contributed by atoms with Crippen molar-refractivity contribution < 1.29 is 4.39 Å². The number of halogens is 2. The molecule has 3 heteroatoms. The van der Waals surface area contributed by atoms with Crippen LogP contribution in [-0.2, 0) is 0 Å². The summed E-state index contributed by atoms with van der Waals surface area (Å²) in [5.41, 5.74) is 7.00. The van der Waals surface area contributed by atoms with E-state index in [0.29, 0.717) is 12.1 Å². The number of nitrogens with two attached hydrogens (primary N) is 1. The average molecular weight is 214 g/mol. The predicted octanol–water partition coefficient (Wildman–Crippen LogP) is 3.23. The van der Waals surface area contributed by atoms with E-state index >= 15 is 0 Å². The van der Waals surface area contributed by atoms with Gasteiger partial charge < -0.3 is 5.73 Å². The quantitative estimate of drug-likeness (QED) is 0.820. The van der Waals surface area contributed by atoms with Gasteiger partial charge in [0.15, 0.2) is 0 Å². The molecule has 0 saturated heterocycles. The van der Waals surface area contributed by atoms with Crippen LogP contribution < -0.4 is 5.73 Å². The summed E-state index contributed by atoms with van der Waals surface area (Å²) in [5, 5.41) is 0.145. The fourth-order valence-corrected chi connectivity index (χ4v) is 1.34. The molecule has 0 spiro atoms. The Morgan fingerprint density at radius 1 is 1.57 bits per heavy atom. The molecule has 0 amide bonds. The zero-order valence-electron chi connectivity index (χ0n) is 8.06. The molecule has 0 aliphatic heterocycles. The summed E-state index contributed by atoms with van der Waals surface area (Å²) >= 11 is 5.65. The van der Waals surface area contributed by atoms with Gasteiger partial charge in [-0.15, -0.1) is 0 Å². The van der Waals surface area contributed by atoms with Crippen molar-refractivity contribution >= 4 is 17.7 Å². The summed E-state index contributed by atoms with van der Waals surface area (Å²) in [6, 6.07) is 4.94. The van der Waals surface area contributed by atoms with Crippen LogP contribution in [0.25, 0.3) is 6.08 Å². The van der Waals surface area contributed by atoms with Crippen molar-refractivity contribution in [3.63, 3.8) is 0 Å². The second kappa shape index (κ2) is 5.13. The topological polar surface area (TPSA) is 26.0 Å². The molecule has 0 unspecified atom stereocenters. The maximum Gasteiger partial charge on any atom is 0.148 e. The molecule has 0 saturated carbocycles. The van der Waals surface area contributed by atoms with Crippen LogP contribution in [0.4, 0.5) is 4.39 Å². The van der Waals surface area contributed by atoms with Crippen molar-refractivity contribution in [2.45, 2.75) is 13.3 Å². The largest absolute Gasteiger partial charge is 0.327 e. The number of rotatable bonds is 3. The minimum Gasteiger partial charge on any atom is -0.327 e. The van der Waals surface area contributed by atoms with Crippen molar-refractivity contribution in [3.8, 4) is 0 Å². The van der Waals surface area contributed by atoms with Crippen LogP contribution in [0.15, 0.2) is 23.8 Å². The highest BCUT2D eigenvalue weighted by atomic mass is 35.5. The monoisotopic (exact) mass is 213 g/mol. The molecule has 14 heavy (non-hydrogen) atoms. The Morgan fingerprint density at radius 2 is 2.29 bits per heavy atom. The summed E-state index contributed by atoms with van der Waals surface area (Å²) in [4.78, 5) is 0. The van der Waals surface area contributed by atoms with Crippen LogP contribution in [-0.4, -0.2) is 6.54 Å². The lowest BCUT2D eigenvalue weighted by atomic mass is 10.1. The minimum atomic E-state index is -0.381. The molecule has 0 aliphatic rings. The Labute approximate surface area is 88.4 Å². The van der Waals surface area contributed by atoms with E-state index in [-0.39, 0.29) is 10.8 Å². The molecule has 0 radical (unpaired) electrons. The Balaban J connectivity index is 3.07. The van der Waals surface area contributed by atoms with Crippen LogP contribution in [0.5, 0.6) is 0 Å². The van der Waals surface area contributed by atoms with E-state index in [0.717, 1.165) is 12.0 Å². The van der Waals surface area contributed by atoms with E-state index in [1.807, 2.05) is 6.92 Å². The maximum atomic E-state index is 13.4. The van der Waals surface area contributed by atoms with Crippen molar-refractivity contribution in [2.75, 3.05) is 6.54 Å². The van der Waals surface area contributed by atoms with E-state index in [9.17, 15) is 4.39 Å². The van der Waals surface area contributed by atoms with Gasteiger partial charge in [-0.25, -0.2) is 4.39 Å². The molecular formula is C11H13ClFN. The van der Waals surface area contributed by atoms with Crippen molar-refractivity contribution in [2.24, 2.45) is 5.73 Å². The highest BCUT2D eigenvalue weighted by Gasteiger charge is 2.03. The lowest BCUT2D eigenvalue weighted by Gasteiger charge is -2.02. The Kier molecular flexibility index (Phi) is 4.11. The van der Waals surface area contributed by atoms with E-state index < -0.39 is 0 Å². The van der Waals surface area contributed by atoms with Gasteiger partial charge >= 0.3 is 0 Å². The third kappa shape index (κ3) is 2.56. The van der Waals surface area contributed by atoms with E-state index in [1.54, 1.807) is 18.2 Å². The van der Waals surface area contributed by atoms with E-state index in [2.05, 4.69) is 0 Å². The Bertz CT molecular complexity index is 341. The third-order valence-corrected chi connectivity index (χ3v) is 2.35. The van der Waals surface area contributed by atoms with Gasteiger partial charge in [-0.2, -0.15) is 0 Å². The van der Waals surface area contributed by atoms with Gasteiger partial charge in [0.2, 0.25) is 0 Å². The van der Waals surface area contributed by atoms with Gasteiger partial charge in [0.25, 0.3) is 0 Å². The van der Waals surface area contributed by atoms with Crippen molar-refractivity contribution in [3.05, 3.63) is 40.2 Å². The number of hydrogen-bond acceptors (Lipinski definition) is 1. The zero-order valence-corrected chi connectivity index (χ0v) is 8.81. The molecule has 0 bridgehead atoms. The highest BCUT2D eigenvalue weighted by molar-refractivity contribution is 6.30. The van der Waals surface area contributed by atoms with Crippen LogP contribution in [0.1, 0.15) is 18.9 Å². The predicted molar refractivity (Wildman–Crippen MR) is 58.7 cm³/mol. The molecular weight excluding hydrogens is 201 g/mol. The standard InChI is InChI=1S/C11H13ClFN/c1-2-8(7-14)6-9-4-3-5-10(12)11(9)13/h3-6H,2,7,14H2,1H3/b8-6-. The summed E-state index contributed by atoms with van der Waals surface area (Å²) in [6.45, 7) is 2.43. The van der Waals surface area contributed by atoms with Crippen LogP contribution in [0.2, 0.25) is 5.02 Å². The molecule has 0 atom stereocenters. The van der Waals surface area contributed by atoms with Gasteiger partial charge in [-0.1, -0.05) is 42.3 Å². The number of hydrogen-bond donors (Lipinski definition) is 1. The first-order chi connectivity index (χ1) is 6.69. The molecule has 0 heterocycles. The van der Waals surface area contributed by atoms with Gasteiger partial charge in [0.05, 0.1) is 5.02 Å². The molecule has 0 fully saturated rings. The maximum absolute atomic E-state index is 13.4. The highest BCUT2D eigenvalue weighted by Crippen LogP contribution is 2.20. The lowest BCUT2D eigenvalue weighted by molar-refractivity contribution is 0.625. The number of benzene rings is 1. The molecule has 1 nitrogen and oxygen atoms in total. The second-order valence-electron chi connectivity index (χ2n) is 3.00. The fourth-order valence-electron chi connectivity index (χ4n) is 1.16. The molecule has 0 aromatic heterocycles. The van der Waals surface area contributed by atoms with Gasteiger partial charge in [-0.3, -0.25) is 0 Å². The van der Waals surface area contributed by atoms with E-state index in [1.165, 1.54) is 6.07 Å². The van der Waals surface area contributed by atoms with Crippen molar-refractivity contribution in [1.29, 1.82) is 0 Å². The fraction of sp³-hybridized carbons (Fsp3) is 0.273. The zero-order chi connectivity index (χ0) is 10.6. The third-order valence-electron chi connectivity index (χ3n) is 2.06. The normalized spacial score (nSPS) is 11.9. The van der Waals surface area contributed by atoms with E-state index in [4.69, 9.17) is 17.3 Å². The van der Waals surface area contributed by atoms with Gasteiger partial charge in [-0.05, 0) is 12.5 Å². The van der Waals surface area contributed by atoms with Crippen molar-refractivity contribution in [1.82, 2.24) is 0 Å². The first-order valence-electron chi connectivity index (χ1n) is 4.52. The average Bonchev–Trinajstić information content (AvgIpc) is 2.20. The lowest BCUT2D eigenvalue weighted by Crippen LogP contribution is -2.02. The second-order valence-corrected chi connectivity index (χ2v) is 3.41. The summed E-state index contributed by atoms with van der Waals surface area (Å²) in [6.07, 6.45) is 2.57. The summed E-state index contributed by atoms with van der Waals surface area (Å²) in [7, 11) is 0. The SMILES string of the molecule is CC/C(=C/c1cccc(Cl)c1F)CN. The van der Waals surface area contributed by atoms with Crippen LogP contribution in [0, 0.1) is 5.82 Å². The van der Waals surface area contributed by atoms with Gasteiger partial charge in [0.1, 0.15) is 5.82 Å². The van der Waals surface area contributed by atoms with Gasteiger partial charge in [0, 0.05) is 12.1 Å².